The number of nitrogens with zero attached hydrogens (tertiary/aromatic N) is 2. The van der Waals surface area contributed by atoms with E-state index in [2.05, 4.69) is 5.32 Å². The second-order valence-electron chi connectivity index (χ2n) is 9.98. The predicted octanol–water partition coefficient (Wildman–Crippen LogP) is 3.71. The monoisotopic (exact) mass is 487 g/mol. The molecule has 1 N–H and O–H groups in total. The molecule has 0 bridgehead atoms. The zero-order valence-electron chi connectivity index (χ0n) is 21.5. The Kier molecular flexibility index (Phi) is 8.53. The van der Waals surface area contributed by atoms with Gasteiger partial charge in [-0.25, -0.2) is 8.42 Å². The van der Waals surface area contributed by atoms with Crippen LogP contribution in [-0.2, 0) is 26.2 Å². The molecule has 0 aliphatic rings. The lowest BCUT2D eigenvalue weighted by Gasteiger charge is -2.33. The van der Waals surface area contributed by atoms with Crippen molar-refractivity contribution < 1.29 is 18.0 Å². The normalized spacial score (nSPS) is 12.7. The van der Waals surface area contributed by atoms with E-state index in [1.165, 1.54) is 4.90 Å². The van der Waals surface area contributed by atoms with Crippen LogP contribution in [0.2, 0.25) is 0 Å². The van der Waals surface area contributed by atoms with Crippen molar-refractivity contribution in [2.45, 2.75) is 66.6 Å². The highest BCUT2D eigenvalue weighted by Gasteiger charge is 2.31. The Bertz CT molecular complexity index is 1130. The van der Waals surface area contributed by atoms with Crippen LogP contribution in [0.3, 0.4) is 0 Å². The summed E-state index contributed by atoms with van der Waals surface area (Å²) in [5, 5.41) is 2.92. The van der Waals surface area contributed by atoms with Crippen LogP contribution in [0.4, 0.5) is 5.69 Å². The van der Waals surface area contributed by atoms with Crippen LogP contribution in [0.1, 0.15) is 49.9 Å². The van der Waals surface area contributed by atoms with E-state index in [9.17, 15) is 18.0 Å². The van der Waals surface area contributed by atoms with Gasteiger partial charge in [-0.05, 0) is 82.9 Å². The van der Waals surface area contributed by atoms with E-state index < -0.39 is 34.1 Å². The van der Waals surface area contributed by atoms with Gasteiger partial charge in [-0.2, -0.15) is 0 Å². The number of carbonyl (C=O) groups excluding carboxylic acids is 2. The maximum Gasteiger partial charge on any atom is 0.244 e. The molecule has 2 amide bonds. The van der Waals surface area contributed by atoms with Crippen molar-refractivity contribution in [3.63, 3.8) is 0 Å². The molecule has 0 radical (unpaired) electrons. The van der Waals surface area contributed by atoms with E-state index in [-0.39, 0.29) is 12.5 Å². The van der Waals surface area contributed by atoms with Gasteiger partial charge in [0.1, 0.15) is 12.6 Å². The lowest BCUT2D eigenvalue weighted by molar-refractivity contribution is -0.140. The molecule has 186 valence electrons. The highest BCUT2D eigenvalue weighted by atomic mass is 32.2. The van der Waals surface area contributed by atoms with Crippen LogP contribution in [0.25, 0.3) is 0 Å². The molecule has 0 saturated carbocycles. The molecular weight excluding hydrogens is 450 g/mol. The Labute approximate surface area is 204 Å². The molecule has 34 heavy (non-hydrogen) atoms. The van der Waals surface area contributed by atoms with Gasteiger partial charge < -0.3 is 10.2 Å². The van der Waals surface area contributed by atoms with Crippen molar-refractivity contribution >= 4 is 27.5 Å². The first kappa shape index (κ1) is 27.4. The van der Waals surface area contributed by atoms with Gasteiger partial charge in [0.2, 0.25) is 21.8 Å². The summed E-state index contributed by atoms with van der Waals surface area (Å²) in [5.41, 5.74) is 3.62. The number of amides is 2. The van der Waals surface area contributed by atoms with Crippen LogP contribution in [0, 0.1) is 20.8 Å². The number of carbonyl (C=O) groups is 2. The average molecular weight is 488 g/mol. The quantitative estimate of drug-likeness (QED) is 0.615. The summed E-state index contributed by atoms with van der Waals surface area (Å²) in [4.78, 5) is 28.0. The molecule has 8 heteroatoms. The second-order valence-corrected chi connectivity index (χ2v) is 11.9. The number of benzene rings is 2. The number of anilines is 1. The molecule has 2 aromatic carbocycles. The molecule has 7 nitrogen and oxygen atoms in total. The molecule has 0 aromatic heterocycles. The molecule has 0 spiro atoms. The summed E-state index contributed by atoms with van der Waals surface area (Å²) < 4.78 is 26.5. The van der Waals surface area contributed by atoms with Crippen LogP contribution in [0.5, 0.6) is 0 Å². The topological polar surface area (TPSA) is 86.8 Å². The van der Waals surface area contributed by atoms with Crippen LogP contribution in [-0.4, -0.2) is 49.5 Å². The van der Waals surface area contributed by atoms with Gasteiger partial charge in [-0.3, -0.25) is 13.9 Å². The zero-order chi connectivity index (χ0) is 25.8. The summed E-state index contributed by atoms with van der Waals surface area (Å²) in [5.74, 6) is -0.754. The molecule has 2 rings (SSSR count). The van der Waals surface area contributed by atoms with Gasteiger partial charge in [0, 0.05) is 12.1 Å². The maximum atomic E-state index is 13.6. The Morgan fingerprint density at radius 2 is 1.56 bits per heavy atom. The average Bonchev–Trinajstić information content (AvgIpc) is 2.67. The van der Waals surface area contributed by atoms with Gasteiger partial charge in [0.25, 0.3) is 0 Å². The summed E-state index contributed by atoms with van der Waals surface area (Å²) in [7, 11) is -3.75. The summed E-state index contributed by atoms with van der Waals surface area (Å²) in [6.45, 7) is 12.8. The number of hydrogen-bond acceptors (Lipinski definition) is 4. The predicted molar refractivity (Wildman–Crippen MR) is 137 cm³/mol. The first-order valence-electron chi connectivity index (χ1n) is 11.3. The molecule has 0 aliphatic carbocycles. The fourth-order valence-electron chi connectivity index (χ4n) is 3.74. The highest BCUT2D eigenvalue weighted by molar-refractivity contribution is 7.92. The van der Waals surface area contributed by atoms with Gasteiger partial charge >= 0.3 is 0 Å². The highest BCUT2D eigenvalue weighted by Crippen LogP contribution is 2.22. The van der Waals surface area contributed by atoms with Gasteiger partial charge in [-0.15, -0.1) is 0 Å². The van der Waals surface area contributed by atoms with Crippen LogP contribution in [0.15, 0.2) is 42.5 Å². The third-order valence-corrected chi connectivity index (χ3v) is 6.58. The first-order valence-corrected chi connectivity index (χ1v) is 13.2. The SMILES string of the molecule is Cc1cc(C)cc(N(CC(=O)N(Cc2ccccc2C)[C@H](C)C(=O)NC(C)(C)C)S(C)(=O)=O)c1. The minimum absolute atomic E-state index is 0.189. The van der Waals surface area contributed by atoms with E-state index in [4.69, 9.17) is 0 Å². The van der Waals surface area contributed by atoms with Crippen LogP contribution < -0.4 is 9.62 Å². The number of sulfonamides is 1. The van der Waals surface area contributed by atoms with E-state index in [0.717, 1.165) is 32.8 Å². The van der Waals surface area contributed by atoms with Crippen molar-refractivity contribution in [3.8, 4) is 0 Å². The van der Waals surface area contributed by atoms with E-state index in [1.54, 1.807) is 19.1 Å². The summed E-state index contributed by atoms with van der Waals surface area (Å²) in [6.07, 6.45) is 1.08. The minimum atomic E-state index is -3.75. The molecule has 2 aromatic rings. The molecule has 0 heterocycles. The number of rotatable bonds is 8. The standard InChI is InChI=1S/C26H37N3O4S/c1-18-13-19(2)15-23(14-18)29(34(8,32)33)17-24(30)28(16-22-12-10-9-11-20(22)3)21(4)25(31)27-26(5,6)7/h9-15,21H,16-17H2,1-8H3,(H,27,31)/t21-/m1/s1. The van der Waals surface area contributed by atoms with Gasteiger partial charge in [0.15, 0.2) is 0 Å². The van der Waals surface area contributed by atoms with Crippen molar-refractivity contribution in [3.05, 3.63) is 64.7 Å². The maximum absolute atomic E-state index is 13.6. The number of nitrogens with one attached hydrogen (secondary N) is 1. The molecule has 0 saturated heterocycles. The number of hydrogen-bond donors (Lipinski definition) is 1. The lowest BCUT2D eigenvalue weighted by atomic mass is 10.1. The molecule has 0 aliphatic heterocycles. The fraction of sp³-hybridized carbons (Fsp3) is 0.462. The Balaban J connectivity index is 2.45. The largest absolute Gasteiger partial charge is 0.350 e. The second kappa shape index (κ2) is 10.6. The van der Waals surface area contributed by atoms with E-state index in [1.807, 2.05) is 71.9 Å². The van der Waals surface area contributed by atoms with Crippen LogP contribution >= 0.6 is 0 Å². The minimum Gasteiger partial charge on any atom is -0.350 e. The smallest absolute Gasteiger partial charge is 0.244 e. The van der Waals surface area contributed by atoms with Crippen molar-refractivity contribution in [2.24, 2.45) is 0 Å². The van der Waals surface area contributed by atoms with Crippen molar-refractivity contribution in [1.29, 1.82) is 0 Å². The van der Waals surface area contributed by atoms with Crippen molar-refractivity contribution in [2.75, 3.05) is 17.1 Å². The number of aryl methyl sites for hydroxylation is 3. The molecule has 0 fully saturated rings. The fourth-order valence-corrected chi connectivity index (χ4v) is 4.57. The summed E-state index contributed by atoms with van der Waals surface area (Å²) >= 11 is 0. The Morgan fingerprint density at radius 1 is 1.00 bits per heavy atom. The van der Waals surface area contributed by atoms with E-state index in [0.29, 0.717) is 5.69 Å². The summed E-state index contributed by atoms with van der Waals surface area (Å²) in [6, 6.07) is 12.3. The van der Waals surface area contributed by atoms with Crippen molar-refractivity contribution in [1.82, 2.24) is 10.2 Å². The molecular formula is C26H37N3O4S. The third kappa shape index (κ3) is 7.58. The molecule has 0 unspecified atom stereocenters. The third-order valence-electron chi connectivity index (χ3n) is 5.44. The first-order chi connectivity index (χ1) is 15.6. The lowest BCUT2D eigenvalue weighted by Crippen LogP contribution is -2.54. The Hall–Kier alpha value is -2.87. The van der Waals surface area contributed by atoms with Gasteiger partial charge in [0.05, 0.1) is 11.9 Å². The zero-order valence-corrected chi connectivity index (χ0v) is 22.3. The molecule has 1 atom stereocenters. The van der Waals surface area contributed by atoms with E-state index >= 15 is 0 Å². The Morgan fingerprint density at radius 3 is 2.06 bits per heavy atom. The van der Waals surface area contributed by atoms with Gasteiger partial charge in [-0.1, -0.05) is 30.3 Å².